The maximum Gasteiger partial charge on any atom is 0.226 e. The molecule has 0 spiro atoms. The van der Waals surface area contributed by atoms with Crippen molar-refractivity contribution < 1.29 is 4.79 Å². The predicted molar refractivity (Wildman–Crippen MR) is 115 cm³/mol. The Hall–Kier alpha value is -2.00. The topological polar surface area (TPSA) is 46.3 Å². The maximum atomic E-state index is 11.4. The molecule has 145 valence electrons. The summed E-state index contributed by atoms with van der Waals surface area (Å²) >= 11 is 5.94. The molecule has 0 aliphatic carbocycles. The average Bonchev–Trinajstić information content (AvgIpc) is 2.64. The molecule has 4 heteroatoms. The highest BCUT2D eigenvalue weighted by Gasteiger charge is 2.16. The average molecular weight is 386 g/mol. The van der Waals surface area contributed by atoms with Crippen LogP contribution in [0.15, 0.2) is 48.5 Å². The highest BCUT2D eigenvalue weighted by molar-refractivity contribution is 6.30. The van der Waals surface area contributed by atoms with Crippen LogP contribution >= 0.6 is 11.6 Å². The number of aryl methyl sites for hydroxylation is 2. The van der Waals surface area contributed by atoms with Crippen LogP contribution in [0.4, 0.5) is 5.69 Å². The molecule has 2 rings (SSSR count). The van der Waals surface area contributed by atoms with Crippen LogP contribution in [0, 0.1) is 11.8 Å². The Bertz CT molecular complexity index is 710. The highest BCUT2D eigenvalue weighted by Crippen LogP contribution is 2.20. The minimum atomic E-state index is -0.330. The first-order valence-electron chi connectivity index (χ1n) is 9.55. The van der Waals surface area contributed by atoms with E-state index in [4.69, 9.17) is 17.3 Å². The van der Waals surface area contributed by atoms with Gasteiger partial charge < -0.3 is 10.6 Å². The second-order valence-electron chi connectivity index (χ2n) is 7.54. The van der Waals surface area contributed by atoms with Crippen LogP contribution in [0.2, 0.25) is 5.02 Å². The number of nitrogens with zero attached hydrogens (tertiary/aromatic N) is 1. The summed E-state index contributed by atoms with van der Waals surface area (Å²) in [5, 5.41) is 0.771. The molecule has 2 aromatic rings. The molecule has 0 saturated carbocycles. The Labute approximate surface area is 168 Å². The molecule has 1 amide bonds. The van der Waals surface area contributed by atoms with Gasteiger partial charge in [0.05, 0.1) is 5.92 Å². The minimum Gasteiger partial charge on any atom is -0.370 e. The summed E-state index contributed by atoms with van der Waals surface area (Å²) in [5.74, 6) is 0.967. The monoisotopic (exact) mass is 385 g/mol. The molecule has 0 bridgehead atoms. The molecule has 0 aliphatic rings. The second-order valence-corrected chi connectivity index (χ2v) is 7.98. The predicted octanol–water partition coefficient (Wildman–Crippen LogP) is 5.06. The third kappa shape index (κ3) is 7.26. The molecule has 0 aromatic heterocycles. The number of benzene rings is 2. The normalized spacial score (nSPS) is 11.2. The largest absolute Gasteiger partial charge is 0.370 e. The van der Waals surface area contributed by atoms with Crippen molar-refractivity contribution in [3.63, 3.8) is 0 Å². The smallest absolute Gasteiger partial charge is 0.226 e. The van der Waals surface area contributed by atoms with Gasteiger partial charge in [0.25, 0.3) is 0 Å². The zero-order valence-corrected chi connectivity index (χ0v) is 17.3. The van der Waals surface area contributed by atoms with E-state index in [-0.39, 0.29) is 5.91 Å². The lowest BCUT2D eigenvalue weighted by atomic mass is 10.0. The van der Waals surface area contributed by atoms with Crippen molar-refractivity contribution in [3.05, 3.63) is 70.6 Å². The zero-order valence-electron chi connectivity index (χ0n) is 16.5. The molecule has 0 aliphatic heterocycles. The van der Waals surface area contributed by atoms with Crippen molar-refractivity contribution in [2.45, 2.75) is 40.0 Å². The lowest BCUT2D eigenvalue weighted by Gasteiger charge is -2.27. The van der Waals surface area contributed by atoms with Crippen molar-refractivity contribution >= 4 is 23.2 Å². The van der Waals surface area contributed by atoms with Crippen LogP contribution in [0.1, 0.15) is 38.3 Å². The van der Waals surface area contributed by atoms with Crippen molar-refractivity contribution in [2.75, 3.05) is 18.0 Å². The van der Waals surface area contributed by atoms with Crippen molar-refractivity contribution in [3.8, 4) is 0 Å². The van der Waals surface area contributed by atoms with Crippen molar-refractivity contribution in [2.24, 2.45) is 11.7 Å². The Kier molecular flexibility index (Phi) is 8.18. The highest BCUT2D eigenvalue weighted by atomic mass is 35.5. The quantitative estimate of drug-likeness (QED) is 0.621. The molecule has 0 unspecified atom stereocenters. The Morgan fingerprint density at radius 1 is 1.00 bits per heavy atom. The summed E-state index contributed by atoms with van der Waals surface area (Å²) in [6, 6.07) is 16.7. The Balaban J connectivity index is 2.01. The minimum absolute atomic E-state index is 0.330. The third-order valence-corrected chi connectivity index (χ3v) is 4.99. The molecular weight excluding hydrogens is 356 g/mol. The van der Waals surface area contributed by atoms with Crippen molar-refractivity contribution in [1.29, 1.82) is 0 Å². The first kappa shape index (κ1) is 21.3. The number of hydrogen-bond acceptors (Lipinski definition) is 2. The van der Waals surface area contributed by atoms with Gasteiger partial charge in [-0.2, -0.15) is 0 Å². The van der Waals surface area contributed by atoms with Crippen molar-refractivity contribution in [1.82, 2.24) is 0 Å². The van der Waals surface area contributed by atoms with E-state index in [1.807, 2.05) is 19.1 Å². The number of primary amides is 1. The van der Waals surface area contributed by atoms with Gasteiger partial charge in [-0.1, -0.05) is 49.7 Å². The molecule has 0 atom stereocenters. The van der Waals surface area contributed by atoms with Gasteiger partial charge in [0.15, 0.2) is 0 Å². The van der Waals surface area contributed by atoms with Gasteiger partial charge >= 0.3 is 0 Å². The summed E-state index contributed by atoms with van der Waals surface area (Å²) in [6.45, 7) is 7.72. The van der Waals surface area contributed by atoms with Gasteiger partial charge in [-0.15, -0.1) is 0 Å². The number of hydrogen-bond donors (Lipinski definition) is 1. The molecule has 27 heavy (non-hydrogen) atoms. The first-order chi connectivity index (χ1) is 12.8. The number of nitrogens with two attached hydrogens (primary N) is 1. The number of carbonyl (C=O) groups excluding carboxylic acids is 1. The molecule has 2 aromatic carbocycles. The molecule has 0 fully saturated rings. The van der Waals surface area contributed by atoms with Gasteiger partial charge in [0.1, 0.15) is 0 Å². The van der Waals surface area contributed by atoms with E-state index in [0.717, 1.165) is 36.5 Å². The standard InChI is InChI=1S/C23H30ClN2O/c1-17(2)14-15-26(16-18(3)23(25)27)22-12-8-20(9-13-22)5-4-19-6-10-21(24)11-7-19/h6-13,17H,4-5,14-16H2,1-3H3,(H2,25,27). The fourth-order valence-corrected chi connectivity index (χ4v) is 3.02. The van der Waals surface area contributed by atoms with E-state index in [1.165, 1.54) is 11.1 Å². The van der Waals surface area contributed by atoms with E-state index < -0.39 is 0 Å². The van der Waals surface area contributed by atoms with Crippen LogP contribution in [-0.2, 0) is 17.6 Å². The number of rotatable bonds is 10. The van der Waals surface area contributed by atoms with Crippen LogP contribution in [0.25, 0.3) is 0 Å². The number of anilines is 1. The number of amides is 1. The fraction of sp³-hybridized carbons (Fsp3) is 0.391. The van der Waals surface area contributed by atoms with Gasteiger partial charge in [-0.25, -0.2) is 0 Å². The lowest BCUT2D eigenvalue weighted by Crippen LogP contribution is -2.34. The van der Waals surface area contributed by atoms with Crippen LogP contribution < -0.4 is 10.6 Å². The van der Waals surface area contributed by atoms with Crippen LogP contribution in [-0.4, -0.2) is 19.0 Å². The number of halogens is 1. The summed E-state index contributed by atoms with van der Waals surface area (Å²) in [7, 11) is 0. The third-order valence-electron chi connectivity index (χ3n) is 4.74. The molecule has 3 nitrogen and oxygen atoms in total. The molecule has 0 saturated heterocycles. The van der Waals surface area contributed by atoms with E-state index in [2.05, 4.69) is 55.1 Å². The van der Waals surface area contributed by atoms with E-state index in [1.54, 1.807) is 0 Å². The summed E-state index contributed by atoms with van der Waals surface area (Å²) in [5.41, 5.74) is 9.15. The van der Waals surface area contributed by atoms with Gasteiger partial charge in [-0.3, -0.25) is 4.79 Å². The van der Waals surface area contributed by atoms with Gasteiger partial charge in [0, 0.05) is 23.8 Å². The van der Waals surface area contributed by atoms with E-state index in [9.17, 15) is 4.79 Å². The SMILES string of the molecule is C[C](CN(CCC(C)C)c1ccc(CCc2ccc(Cl)cc2)cc1)C(N)=O. The first-order valence-corrected chi connectivity index (χ1v) is 9.93. The van der Waals surface area contributed by atoms with Gasteiger partial charge in [-0.05, 0) is 67.5 Å². The second kappa shape index (κ2) is 10.4. The molecule has 1 radical (unpaired) electrons. The molecule has 2 N–H and O–H groups in total. The summed E-state index contributed by atoms with van der Waals surface area (Å²) < 4.78 is 0. The zero-order chi connectivity index (χ0) is 19.8. The van der Waals surface area contributed by atoms with Crippen LogP contribution in [0.5, 0.6) is 0 Å². The maximum absolute atomic E-state index is 11.4. The van der Waals surface area contributed by atoms with Gasteiger partial charge in [0.2, 0.25) is 5.91 Å². The summed E-state index contributed by atoms with van der Waals surface area (Å²) in [4.78, 5) is 13.7. The summed E-state index contributed by atoms with van der Waals surface area (Å²) in [6.07, 6.45) is 3.05. The Morgan fingerprint density at radius 2 is 1.52 bits per heavy atom. The molecular formula is C23H30ClN2O. The lowest BCUT2D eigenvalue weighted by molar-refractivity contribution is -0.116. The Morgan fingerprint density at radius 3 is 2.00 bits per heavy atom. The number of carbonyl (C=O) groups is 1. The van der Waals surface area contributed by atoms with Crippen LogP contribution in [0.3, 0.4) is 0 Å². The molecule has 0 heterocycles. The van der Waals surface area contributed by atoms with E-state index >= 15 is 0 Å². The fourth-order valence-electron chi connectivity index (χ4n) is 2.89. The van der Waals surface area contributed by atoms with E-state index in [0.29, 0.717) is 18.4 Å².